The maximum Gasteiger partial charge on any atom is 0.163 e. The number of benzene rings is 1. The summed E-state index contributed by atoms with van der Waals surface area (Å²) in [7, 11) is 0. The maximum absolute atomic E-state index is 8.87. The van der Waals surface area contributed by atoms with Crippen molar-refractivity contribution in [3.63, 3.8) is 0 Å². The topological polar surface area (TPSA) is 33.0 Å². The lowest BCUT2D eigenvalue weighted by atomic mass is 10.1. The molecule has 0 amide bonds. The average molecular weight is 220 g/mol. The van der Waals surface area contributed by atoms with Crippen molar-refractivity contribution >= 4 is 11.6 Å². The molecule has 0 radical (unpaired) electrons. The molecule has 0 bridgehead atoms. The summed E-state index contributed by atoms with van der Waals surface area (Å²) in [4.78, 5) is 0. The lowest BCUT2D eigenvalue weighted by molar-refractivity contribution is 0.172. The summed E-state index contributed by atoms with van der Waals surface area (Å²) in [6.07, 6.45) is 5.29. The van der Waals surface area contributed by atoms with Crippen molar-refractivity contribution in [3.8, 4) is 24.2 Å². The molecule has 0 aliphatic rings. The van der Waals surface area contributed by atoms with Crippen molar-refractivity contribution in [2.75, 3.05) is 0 Å². The van der Waals surface area contributed by atoms with Gasteiger partial charge in [-0.2, -0.15) is 5.26 Å². The van der Waals surface area contributed by atoms with Crippen LogP contribution in [-0.4, -0.2) is 5.60 Å². The van der Waals surface area contributed by atoms with E-state index in [-0.39, 0.29) is 0 Å². The standard InChI is InChI=1S/C12H10ClNO/c1-4-12(2,3)15-11-6-5-10(13)7-9(11)8-14/h1,5-7H,2-3H3. The Bertz CT molecular complexity index is 452. The van der Waals surface area contributed by atoms with Crippen molar-refractivity contribution in [1.29, 1.82) is 5.26 Å². The Morgan fingerprint density at radius 2 is 2.13 bits per heavy atom. The number of halogens is 1. The third-order valence-electron chi connectivity index (χ3n) is 1.77. The van der Waals surface area contributed by atoms with E-state index in [4.69, 9.17) is 28.0 Å². The van der Waals surface area contributed by atoms with Crippen LogP contribution < -0.4 is 4.74 Å². The van der Waals surface area contributed by atoms with Gasteiger partial charge in [0.1, 0.15) is 11.8 Å². The molecular formula is C12H10ClNO. The molecule has 0 aromatic heterocycles. The van der Waals surface area contributed by atoms with Crippen LogP contribution in [0.2, 0.25) is 5.02 Å². The third-order valence-corrected chi connectivity index (χ3v) is 2.01. The van der Waals surface area contributed by atoms with E-state index in [0.717, 1.165) is 0 Å². The first-order valence-corrected chi connectivity index (χ1v) is 4.73. The Balaban J connectivity index is 3.08. The van der Waals surface area contributed by atoms with Crippen molar-refractivity contribution in [2.24, 2.45) is 0 Å². The normalized spacial score (nSPS) is 10.2. The van der Waals surface area contributed by atoms with Gasteiger partial charge in [0.25, 0.3) is 0 Å². The van der Waals surface area contributed by atoms with Crippen molar-refractivity contribution in [1.82, 2.24) is 0 Å². The number of nitrogens with zero attached hydrogens (tertiary/aromatic N) is 1. The van der Waals surface area contributed by atoms with Crippen LogP contribution in [0.4, 0.5) is 0 Å². The highest BCUT2D eigenvalue weighted by Crippen LogP contribution is 2.25. The number of terminal acetylenes is 1. The lowest BCUT2D eigenvalue weighted by Gasteiger charge is -2.20. The van der Waals surface area contributed by atoms with Gasteiger partial charge in [0.2, 0.25) is 0 Å². The third kappa shape index (κ3) is 2.91. The predicted octanol–water partition coefficient (Wildman–Crippen LogP) is 3.00. The highest BCUT2D eigenvalue weighted by molar-refractivity contribution is 6.30. The van der Waals surface area contributed by atoms with E-state index in [9.17, 15) is 0 Å². The first-order valence-electron chi connectivity index (χ1n) is 4.35. The molecule has 0 heterocycles. The fourth-order valence-electron chi connectivity index (χ4n) is 0.983. The molecule has 76 valence electrons. The number of nitriles is 1. The SMILES string of the molecule is C#CC(C)(C)Oc1ccc(Cl)cc1C#N. The Morgan fingerprint density at radius 1 is 1.47 bits per heavy atom. The minimum Gasteiger partial charge on any atom is -0.474 e. The number of ether oxygens (including phenoxy) is 1. The summed E-state index contributed by atoms with van der Waals surface area (Å²) in [6, 6.07) is 6.85. The summed E-state index contributed by atoms with van der Waals surface area (Å²) in [5, 5.41) is 9.37. The van der Waals surface area contributed by atoms with Crippen LogP contribution in [-0.2, 0) is 0 Å². The lowest BCUT2D eigenvalue weighted by Crippen LogP contribution is -2.25. The monoisotopic (exact) mass is 219 g/mol. The van der Waals surface area contributed by atoms with Gasteiger partial charge in [-0.3, -0.25) is 0 Å². The van der Waals surface area contributed by atoms with Gasteiger partial charge in [-0.15, -0.1) is 6.42 Å². The number of hydrogen-bond acceptors (Lipinski definition) is 2. The molecule has 1 rings (SSSR count). The Morgan fingerprint density at radius 3 is 2.67 bits per heavy atom. The molecule has 0 atom stereocenters. The van der Waals surface area contributed by atoms with E-state index < -0.39 is 5.60 Å². The molecule has 2 nitrogen and oxygen atoms in total. The van der Waals surface area contributed by atoms with E-state index >= 15 is 0 Å². The van der Waals surface area contributed by atoms with Gasteiger partial charge >= 0.3 is 0 Å². The highest BCUT2D eigenvalue weighted by Gasteiger charge is 2.17. The summed E-state index contributed by atoms with van der Waals surface area (Å²) in [6.45, 7) is 3.51. The van der Waals surface area contributed by atoms with Gasteiger partial charge in [-0.1, -0.05) is 17.5 Å². The Labute approximate surface area is 94.4 Å². The molecule has 0 saturated carbocycles. The van der Waals surface area contributed by atoms with E-state index in [1.165, 1.54) is 0 Å². The second-order valence-corrected chi connectivity index (χ2v) is 3.95. The molecule has 0 fully saturated rings. The Hall–Kier alpha value is -1.64. The Kier molecular flexibility index (Phi) is 3.24. The maximum atomic E-state index is 8.87. The zero-order chi connectivity index (χ0) is 11.5. The second-order valence-electron chi connectivity index (χ2n) is 3.51. The molecule has 0 unspecified atom stereocenters. The summed E-state index contributed by atoms with van der Waals surface area (Å²) in [5.74, 6) is 2.94. The van der Waals surface area contributed by atoms with Crippen LogP contribution in [0.5, 0.6) is 5.75 Å². The predicted molar refractivity (Wildman–Crippen MR) is 59.7 cm³/mol. The molecule has 0 N–H and O–H groups in total. The smallest absolute Gasteiger partial charge is 0.163 e. The van der Waals surface area contributed by atoms with Crippen LogP contribution in [0.1, 0.15) is 19.4 Å². The van der Waals surface area contributed by atoms with Gasteiger partial charge in [-0.05, 0) is 32.0 Å². The average Bonchev–Trinajstić information content (AvgIpc) is 2.20. The largest absolute Gasteiger partial charge is 0.474 e. The van der Waals surface area contributed by atoms with E-state index in [0.29, 0.717) is 16.3 Å². The zero-order valence-corrected chi connectivity index (χ0v) is 9.30. The molecule has 0 spiro atoms. The molecular weight excluding hydrogens is 210 g/mol. The zero-order valence-electron chi connectivity index (χ0n) is 8.54. The fourth-order valence-corrected chi connectivity index (χ4v) is 1.16. The van der Waals surface area contributed by atoms with Crippen molar-refractivity contribution in [2.45, 2.75) is 19.4 Å². The number of hydrogen-bond donors (Lipinski definition) is 0. The molecule has 0 aliphatic heterocycles. The van der Waals surface area contributed by atoms with Gasteiger partial charge < -0.3 is 4.74 Å². The molecule has 0 aliphatic carbocycles. The van der Waals surface area contributed by atoms with Crippen LogP contribution in [0.15, 0.2) is 18.2 Å². The van der Waals surface area contributed by atoms with Gasteiger partial charge in [0.15, 0.2) is 5.60 Å². The number of rotatable bonds is 2. The summed E-state index contributed by atoms with van der Waals surface area (Å²) < 4.78 is 5.51. The van der Waals surface area contributed by atoms with Crippen molar-refractivity contribution in [3.05, 3.63) is 28.8 Å². The molecule has 15 heavy (non-hydrogen) atoms. The summed E-state index contributed by atoms with van der Waals surface area (Å²) >= 11 is 5.75. The quantitative estimate of drug-likeness (QED) is 0.717. The second kappa shape index (κ2) is 4.26. The molecule has 1 aromatic rings. The minimum absolute atomic E-state index is 0.380. The van der Waals surface area contributed by atoms with Gasteiger partial charge in [0, 0.05) is 5.02 Å². The van der Waals surface area contributed by atoms with Crippen LogP contribution in [0.25, 0.3) is 0 Å². The fraction of sp³-hybridized carbons (Fsp3) is 0.250. The van der Waals surface area contributed by atoms with Crippen LogP contribution in [0, 0.1) is 23.7 Å². The van der Waals surface area contributed by atoms with E-state index in [1.54, 1.807) is 32.0 Å². The van der Waals surface area contributed by atoms with Gasteiger partial charge in [-0.25, -0.2) is 0 Å². The van der Waals surface area contributed by atoms with E-state index in [2.05, 4.69) is 5.92 Å². The first kappa shape index (κ1) is 11.4. The molecule has 1 aromatic carbocycles. The van der Waals surface area contributed by atoms with Gasteiger partial charge in [0.05, 0.1) is 5.56 Å². The van der Waals surface area contributed by atoms with Crippen molar-refractivity contribution < 1.29 is 4.74 Å². The van der Waals surface area contributed by atoms with Crippen LogP contribution >= 0.6 is 11.6 Å². The molecule has 3 heteroatoms. The van der Waals surface area contributed by atoms with Crippen LogP contribution in [0.3, 0.4) is 0 Å². The highest BCUT2D eigenvalue weighted by atomic mass is 35.5. The van der Waals surface area contributed by atoms with E-state index in [1.807, 2.05) is 6.07 Å². The summed E-state index contributed by atoms with van der Waals surface area (Å²) in [5.41, 5.74) is -0.356. The minimum atomic E-state index is -0.737. The first-order chi connectivity index (χ1) is 6.98. The molecule has 0 saturated heterocycles.